The summed E-state index contributed by atoms with van der Waals surface area (Å²) in [5.41, 5.74) is 10.0. The van der Waals surface area contributed by atoms with Gasteiger partial charge >= 0.3 is 5.97 Å². The third-order valence-electron chi connectivity index (χ3n) is 12.2. The Morgan fingerprint density at radius 1 is 0.965 bits per heavy atom. The fourth-order valence-electron chi connectivity index (χ4n) is 9.25. The SMILES string of the molecule is Cc1cc(OCCCc2c3n(c4c(-c5c(C)nn(CC6CCN(C)CC6)c5C)c(Cl)ccc24)[C@H](C)CN(c2cn(C)c4ccc(C(=O)O)cc24)C3=O)cc(C)c1Cl. The van der Waals surface area contributed by atoms with Gasteiger partial charge in [0.1, 0.15) is 11.4 Å². The summed E-state index contributed by atoms with van der Waals surface area (Å²) in [4.78, 5) is 31.4. The number of aryl methyl sites for hydroxylation is 5. The summed E-state index contributed by atoms with van der Waals surface area (Å²) in [6.07, 6.45) is 5.46. The average molecular weight is 810 g/mol. The number of aromatic nitrogens is 4. The lowest BCUT2D eigenvalue weighted by atomic mass is 9.96. The molecule has 8 rings (SSSR count). The zero-order valence-corrected chi connectivity index (χ0v) is 35.3. The van der Waals surface area contributed by atoms with Crippen LogP contribution in [0, 0.1) is 33.6 Å². The number of piperidine rings is 1. The molecule has 0 radical (unpaired) electrons. The van der Waals surface area contributed by atoms with Crippen molar-refractivity contribution in [3.8, 4) is 16.9 Å². The maximum Gasteiger partial charge on any atom is 0.335 e. The molecule has 1 saturated heterocycles. The van der Waals surface area contributed by atoms with Gasteiger partial charge < -0.3 is 28.8 Å². The molecule has 5 heterocycles. The molecule has 0 spiro atoms. The highest BCUT2D eigenvalue weighted by Crippen LogP contribution is 2.46. The van der Waals surface area contributed by atoms with Crippen LogP contribution >= 0.6 is 23.2 Å². The minimum absolute atomic E-state index is 0.133. The van der Waals surface area contributed by atoms with Crippen LogP contribution in [0.3, 0.4) is 0 Å². The molecule has 0 bridgehead atoms. The van der Waals surface area contributed by atoms with Crippen LogP contribution in [0.2, 0.25) is 10.0 Å². The van der Waals surface area contributed by atoms with Gasteiger partial charge in [0.2, 0.25) is 0 Å². The van der Waals surface area contributed by atoms with Gasteiger partial charge in [0.05, 0.1) is 34.1 Å². The van der Waals surface area contributed by atoms with Crippen LogP contribution < -0.4 is 9.64 Å². The Hall–Kier alpha value is -4.77. The van der Waals surface area contributed by atoms with E-state index >= 15 is 4.79 Å². The van der Waals surface area contributed by atoms with E-state index in [9.17, 15) is 9.90 Å². The van der Waals surface area contributed by atoms with E-state index in [2.05, 4.69) is 48.0 Å². The predicted octanol–water partition coefficient (Wildman–Crippen LogP) is 9.81. The first-order valence-corrected chi connectivity index (χ1v) is 20.6. The fourth-order valence-corrected chi connectivity index (χ4v) is 9.60. The standard InChI is InChI=1S/C45H50Cl2N6O4/c1-25-19-32(20-26(2)41(25)47)57-18-8-9-33-34-11-12-36(46)40(39-28(4)48-52(29(39)5)23-30-14-16-49(6)17-15-30)42(34)53-27(3)22-51(44(54)43(33)53)38-24-50(7)37-13-10-31(45(55)56)21-35(37)38/h10-13,19-21,24,27,30H,8-9,14-18,22-23H2,1-7H3,(H,55,56)/t27-/m1/s1. The van der Waals surface area contributed by atoms with Gasteiger partial charge in [-0.15, -0.1) is 0 Å². The van der Waals surface area contributed by atoms with Crippen LogP contribution in [0.5, 0.6) is 5.75 Å². The van der Waals surface area contributed by atoms with Gasteiger partial charge in [0, 0.05) is 70.5 Å². The van der Waals surface area contributed by atoms with Crippen molar-refractivity contribution < 1.29 is 19.4 Å². The largest absolute Gasteiger partial charge is 0.494 e. The summed E-state index contributed by atoms with van der Waals surface area (Å²) in [6, 6.07) is 12.9. The molecule has 2 aliphatic heterocycles. The second-order valence-corrected chi connectivity index (χ2v) is 17.0. The van der Waals surface area contributed by atoms with Crippen molar-refractivity contribution >= 4 is 62.6 Å². The van der Waals surface area contributed by atoms with Gasteiger partial charge in [0.25, 0.3) is 5.91 Å². The molecule has 2 aliphatic rings. The second kappa shape index (κ2) is 15.2. The lowest BCUT2D eigenvalue weighted by Crippen LogP contribution is -2.42. The molecule has 12 heteroatoms. The van der Waals surface area contributed by atoms with Crippen LogP contribution in [-0.4, -0.2) is 74.1 Å². The Balaban J connectivity index is 1.25. The van der Waals surface area contributed by atoms with E-state index in [1.54, 1.807) is 18.2 Å². The van der Waals surface area contributed by atoms with E-state index < -0.39 is 5.97 Å². The zero-order chi connectivity index (χ0) is 40.4. The molecule has 1 atom stereocenters. The number of amides is 1. The Labute approximate surface area is 343 Å². The second-order valence-electron chi connectivity index (χ2n) is 16.2. The molecule has 1 fully saturated rings. The number of hydrogen-bond acceptors (Lipinski definition) is 5. The molecule has 1 amide bonds. The van der Waals surface area contributed by atoms with Crippen molar-refractivity contribution in [1.82, 2.24) is 23.8 Å². The molecule has 298 valence electrons. The number of fused-ring (bicyclic) bond motifs is 4. The summed E-state index contributed by atoms with van der Waals surface area (Å²) >= 11 is 13.7. The van der Waals surface area contributed by atoms with E-state index in [4.69, 9.17) is 33.0 Å². The molecule has 0 saturated carbocycles. The number of anilines is 1. The average Bonchev–Trinajstić information content (AvgIpc) is 3.79. The summed E-state index contributed by atoms with van der Waals surface area (Å²) in [7, 11) is 4.10. The van der Waals surface area contributed by atoms with Gasteiger partial charge in [-0.25, -0.2) is 4.79 Å². The van der Waals surface area contributed by atoms with Crippen molar-refractivity contribution in [2.45, 2.75) is 72.9 Å². The maximum absolute atomic E-state index is 15.2. The first-order chi connectivity index (χ1) is 27.2. The number of carbonyl (C=O) groups is 2. The van der Waals surface area contributed by atoms with E-state index in [1.165, 1.54) is 0 Å². The number of carboxylic acid groups (broad SMARTS) is 1. The summed E-state index contributed by atoms with van der Waals surface area (Å²) in [6.45, 7) is 14.2. The van der Waals surface area contributed by atoms with Crippen molar-refractivity contribution in [2.24, 2.45) is 13.0 Å². The van der Waals surface area contributed by atoms with E-state index in [1.807, 2.05) is 54.8 Å². The lowest BCUT2D eigenvalue weighted by Gasteiger charge is -2.34. The fraction of sp³-hybridized carbons (Fsp3) is 0.400. The summed E-state index contributed by atoms with van der Waals surface area (Å²) < 4.78 is 12.6. The van der Waals surface area contributed by atoms with Gasteiger partial charge in [-0.3, -0.25) is 9.48 Å². The van der Waals surface area contributed by atoms with Crippen molar-refractivity contribution in [1.29, 1.82) is 0 Å². The summed E-state index contributed by atoms with van der Waals surface area (Å²) in [5, 5.41) is 18.0. The molecular weight excluding hydrogens is 759 g/mol. The third-order valence-corrected chi connectivity index (χ3v) is 13.1. The van der Waals surface area contributed by atoms with Crippen molar-refractivity contribution in [3.63, 3.8) is 0 Å². The lowest BCUT2D eigenvalue weighted by molar-refractivity contribution is 0.0696. The van der Waals surface area contributed by atoms with Gasteiger partial charge in [0.15, 0.2) is 0 Å². The smallest absolute Gasteiger partial charge is 0.335 e. The van der Waals surface area contributed by atoms with E-state index in [0.717, 1.165) is 104 Å². The predicted molar refractivity (Wildman–Crippen MR) is 229 cm³/mol. The van der Waals surface area contributed by atoms with E-state index in [0.29, 0.717) is 48.3 Å². The van der Waals surface area contributed by atoms with Crippen LogP contribution in [0.4, 0.5) is 5.69 Å². The highest BCUT2D eigenvalue weighted by atomic mass is 35.5. The minimum Gasteiger partial charge on any atom is -0.494 e. The summed E-state index contributed by atoms with van der Waals surface area (Å²) in [5.74, 6) is 0.176. The zero-order valence-electron chi connectivity index (χ0n) is 33.7. The van der Waals surface area contributed by atoms with Crippen LogP contribution in [0.25, 0.3) is 32.9 Å². The first kappa shape index (κ1) is 39.1. The van der Waals surface area contributed by atoms with Gasteiger partial charge in [-0.05, 0) is 139 Å². The van der Waals surface area contributed by atoms with Crippen LogP contribution in [0.15, 0.2) is 48.7 Å². The molecule has 3 aromatic carbocycles. The maximum atomic E-state index is 15.2. The minimum atomic E-state index is -1.01. The van der Waals surface area contributed by atoms with Gasteiger partial charge in [-0.1, -0.05) is 29.3 Å². The monoisotopic (exact) mass is 808 g/mol. The number of carboxylic acids is 1. The molecule has 3 aromatic heterocycles. The van der Waals surface area contributed by atoms with E-state index in [-0.39, 0.29) is 17.5 Å². The Bertz CT molecular complexity index is 2550. The highest BCUT2D eigenvalue weighted by molar-refractivity contribution is 6.35. The number of halogens is 2. The quantitative estimate of drug-likeness (QED) is 0.139. The normalized spacial score (nSPS) is 16.6. The topological polar surface area (TPSA) is 97.8 Å². The van der Waals surface area contributed by atoms with Crippen molar-refractivity contribution in [2.75, 3.05) is 38.2 Å². The molecule has 57 heavy (non-hydrogen) atoms. The number of nitrogens with zero attached hydrogens (tertiary/aromatic N) is 6. The number of benzene rings is 3. The Morgan fingerprint density at radius 3 is 2.39 bits per heavy atom. The number of rotatable bonds is 10. The number of hydrogen-bond donors (Lipinski definition) is 1. The van der Waals surface area contributed by atoms with Crippen LogP contribution in [0.1, 0.15) is 81.2 Å². The van der Waals surface area contributed by atoms with Gasteiger partial charge in [-0.2, -0.15) is 5.10 Å². The molecule has 0 aliphatic carbocycles. The molecule has 0 unspecified atom stereocenters. The molecule has 10 nitrogen and oxygen atoms in total. The van der Waals surface area contributed by atoms with Crippen molar-refractivity contribution in [3.05, 3.63) is 98.0 Å². The number of aromatic carboxylic acids is 1. The molecule has 1 N–H and O–H groups in total. The Morgan fingerprint density at radius 2 is 1.68 bits per heavy atom. The number of carbonyl (C=O) groups excluding carboxylic acids is 1. The first-order valence-electron chi connectivity index (χ1n) is 19.8. The number of likely N-dealkylation sites (tertiary alicyclic amines) is 1. The van der Waals surface area contributed by atoms with Crippen LogP contribution in [-0.2, 0) is 20.0 Å². The molecular formula is C45H50Cl2N6O4. The number of ether oxygens (including phenoxy) is 1. The highest BCUT2D eigenvalue weighted by Gasteiger charge is 2.38. The third kappa shape index (κ3) is 6.89. The Kier molecular flexibility index (Phi) is 10.4. The molecule has 6 aromatic rings.